The Labute approximate surface area is 159 Å². The summed E-state index contributed by atoms with van der Waals surface area (Å²) in [6.07, 6.45) is 0.801. The molecule has 0 aliphatic carbocycles. The zero-order valence-corrected chi connectivity index (χ0v) is 18.1. The van der Waals surface area contributed by atoms with E-state index in [-0.39, 0.29) is 0 Å². The Kier molecular flexibility index (Phi) is 5.31. The van der Waals surface area contributed by atoms with Gasteiger partial charge in [-0.15, -0.1) is 0 Å². The average Bonchev–Trinajstić information content (AvgIpc) is 3.08. The predicted octanol–water partition coefficient (Wildman–Crippen LogP) is 4.46. The minimum Gasteiger partial charge on any atom is -0.266 e. The van der Waals surface area contributed by atoms with Crippen LogP contribution in [0, 0.1) is 6.92 Å². The second-order valence-electron chi connectivity index (χ2n) is 7.32. The lowest BCUT2D eigenvalue weighted by molar-refractivity contribution is 0.592. The van der Waals surface area contributed by atoms with E-state index >= 15 is 0 Å². The molecule has 1 heterocycles. The van der Waals surface area contributed by atoms with Gasteiger partial charge in [0, 0.05) is 6.54 Å². The summed E-state index contributed by atoms with van der Waals surface area (Å²) in [4.78, 5) is 0.374. The fourth-order valence-corrected chi connectivity index (χ4v) is 9.30. The summed E-state index contributed by atoms with van der Waals surface area (Å²) < 4.78 is 27.8. The van der Waals surface area contributed by atoms with Gasteiger partial charge in [-0.25, -0.2) is 8.42 Å². The van der Waals surface area contributed by atoms with E-state index in [1.165, 1.54) is 28.9 Å². The maximum absolute atomic E-state index is 13.1. The van der Waals surface area contributed by atoms with Crippen molar-refractivity contribution in [3.63, 3.8) is 0 Å². The van der Waals surface area contributed by atoms with Crippen molar-refractivity contribution in [3.8, 4) is 0 Å². The van der Waals surface area contributed by atoms with Gasteiger partial charge in [-0.2, -0.15) is 0 Å². The lowest BCUT2D eigenvalue weighted by Gasteiger charge is -2.29. The zero-order valence-electron chi connectivity index (χ0n) is 16.2. The van der Waals surface area contributed by atoms with Crippen molar-refractivity contribution in [3.05, 3.63) is 53.6 Å². The van der Waals surface area contributed by atoms with Crippen LogP contribution in [0.15, 0.2) is 47.4 Å². The molecule has 26 heavy (non-hydrogen) atoms. The number of hydrogen-bond acceptors (Lipinski definition) is 2. The molecule has 1 aliphatic rings. The maximum atomic E-state index is 13.1. The molecule has 0 amide bonds. The van der Waals surface area contributed by atoms with E-state index in [1.54, 1.807) is 16.4 Å². The molecule has 5 heteroatoms. The first-order valence-corrected chi connectivity index (χ1v) is 13.7. The molecule has 1 aliphatic heterocycles. The van der Waals surface area contributed by atoms with Gasteiger partial charge in [0.2, 0.25) is 0 Å². The highest BCUT2D eigenvalue weighted by Gasteiger charge is 2.34. The molecule has 0 spiro atoms. The topological polar surface area (TPSA) is 37.4 Å². The highest BCUT2D eigenvalue weighted by Crippen LogP contribution is 2.33. The van der Waals surface area contributed by atoms with Crippen LogP contribution in [0.4, 0.5) is 5.69 Å². The highest BCUT2D eigenvalue weighted by atomic mass is 32.2. The number of anilines is 1. The summed E-state index contributed by atoms with van der Waals surface area (Å²) in [6, 6.07) is 17.4. The minimum atomic E-state index is -3.49. The number of nitrogens with zero attached hydrogens (tertiary/aromatic N) is 1. The molecule has 0 saturated carbocycles. The lowest BCUT2D eigenvalue weighted by Crippen LogP contribution is -2.45. The van der Waals surface area contributed by atoms with E-state index in [1.807, 2.05) is 25.1 Å². The molecule has 0 bridgehead atoms. The average molecular weight is 388 g/mol. The molecule has 0 aromatic heterocycles. The normalized spacial score (nSPS) is 14.5. The van der Waals surface area contributed by atoms with Crippen LogP contribution in [-0.4, -0.2) is 23.0 Å². The van der Waals surface area contributed by atoms with Crippen molar-refractivity contribution >= 4 is 29.0 Å². The van der Waals surface area contributed by atoms with Crippen LogP contribution in [0.3, 0.4) is 0 Å². The Bertz CT molecular complexity index is 878. The van der Waals surface area contributed by atoms with E-state index in [9.17, 15) is 8.42 Å². The summed E-state index contributed by atoms with van der Waals surface area (Å²) in [5.74, 6) is 0. The van der Waals surface area contributed by atoms with Crippen molar-refractivity contribution in [1.29, 1.82) is 0 Å². The number of hydrogen-bond donors (Lipinski definition) is 0. The Morgan fingerprint density at radius 2 is 1.58 bits per heavy atom. The van der Waals surface area contributed by atoms with Crippen molar-refractivity contribution in [2.24, 2.45) is 0 Å². The summed E-state index contributed by atoms with van der Waals surface area (Å²) >= 11 is 0. The maximum Gasteiger partial charge on any atom is 0.264 e. The fourth-order valence-electron chi connectivity index (χ4n) is 4.15. The fraction of sp³-hybridized carbons (Fsp3) is 0.429. The van der Waals surface area contributed by atoms with Gasteiger partial charge in [0.25, 0.3) is 10.0 Å². The Morgan fingerprint density at radius 3 is 2.15 bits per heavy atom. The number of sulfonamides is 1. The second kappa shape index (κ2) is 7.20. The van der Waals surface area contributed by atoms with E-state index in [4.69, 9.17) is 0 Å². The van der Waals surface area contributed by atoms with Crippen molar-refractivity contribution in [2.75, 3.05) is 10.8 Å². The molecule has 0 fully saturated rings. The number of fused-ring (bicyclic) bond motifs is 1. The third kappa shape index (κ3) is 3.12. The van der Waals surface area contributed by atoms with Crippen LogP contribution >= 0.6 is 0 Å². The number of rotatable bonds is 6. The monoisotopic (exact) mass is 387 g/mol. The molecular formula is C21H29NO2SSi. The molecule has 0 N–H and O–H groups in total. The summed E-state index contributed by atoms with van der Waals surface area (Å²) in [6.45, 7) is 9.42. The van der Waals surface area contributed by atoms with Crippen LogP contribution < -0.4 is 9.49 Å². The van der Waals surface area contributed by atoms with E-state index < -0.39 is 18.1 Å². The molecular weight excluding hydrogens is 358 g/mol. The van der Waals surface area contributed by atoms with Crippen LogP contribution in [-0.2, 0) is 16.4 Å². The number of aryl methyl sites for hydroxylation is 1. The van der Waals surface area contributed by atoms with Gasteiger partial charge in [-0.3, -0.25) is 4.31 Å². The molecule has 0 atom stereocenters. The van der Waals surface area contributed by atoms with Gasteiger partial charge in [0.05, 0.1) is 18.7 Å². The third-order valence-corrected chi connectivity index (χ3v) is 13.6. The van der Waals surface area contributed by atoms with Crippen LogP contribution in [0.25, 0.3) is 0 Å². The Balaban J connectivity index is 1.99. The summed E-state index contributed by atoms with van der Waals surface area (Å²) in [7, 11) is -4.93. The second-order valence-corrected chi connectivity index (χ2v) is 14.4. The van der Waals surface area contributed by atoms with Gasteiger partial charge in [-0.1, -0.05) is 73.9 Å². The molecule has 0 saturated heterocycles. The first kappa shape index (κ1) is 19.2. The smallest absolute Gasteiger partial charge is 0.264 e. The highest BCUT2D eigenvalue weighted by molar-refractivity contribution is 7.92. The molecule has 140 valence electrons. The molecule has 3 rings (SSSR count). The first-order valence-electron chi connectivity index (χ1n) is 9.60. The largest absolute Gasteiger partial charge is 0.266 e. The number of benzene rings is 2. The standard InChI is InChI=1S/C21H29NO2SSi/c1-5-26(6-2,7-3)20-12-13-21-18(16-20)14-15-22(21)25(23,24)19-10-8-17(4)9-11-19/h8-13,16H,5-7,14-15H2,1-4H3. The first-order chi connectivity index (χ1) is 12.4. The lowest BCUT2D eigenvalue weighted by atomic mass is 10.2. The quantitative estimate of drug-likeness (QED) is 0.686. The molecule has 3 nitrogen and oxygen atoms in total. The zero-order chi connectivity index (χ0) is 18.9. The van der Waals surface area contributed by atoms with Gasteiger partial charge in [0.1, 0.15) is 0 Å². The molecule has 2 aromatic rings. The van der Waals surface area contributed by atoms with Crippen LogP contribution in [0.1, 0.15) is 31.9 Å². The van der Waals surface area contributed by atoms with Gasteiger partial charge in [0.15, 0.2) is 0 Å². The van der Waals surface area contributed by atoms with Crippen LogP contribution in [0.5, 0.6) is 0 Å². The summed E-state index contributed by atoms with van der Waals surface area (Å²) in [5, 5.41) is 1.48. The van der Waals surface area contributed by atoms with E-state index in [0.717, 1.165) is 17.7 Å². The van der Waals surface area contributed by atoms with Gasteiger partial charge < -0.3 is 0 Å². The van der Waals surface area contributed by atoms with E-state index in [0.29, 0.717) is 11.4 Å². The van der Waals surface area contributed by atoms with Gasteiger partial charge in [-0.05, 0) is 37.1 Å². The minimum absolute atomic E-state index is 0.374. The van der Waals surface area contributed by atoms with E-state index in [2.05, 4.69) is 32.9 Å². The molecule has 0 radical (unpaired) electrons. The van der Waals surface area contributed by atoms with Crippen LogP contribution in [0.2, 0.25) is 18.1 Å². The van der Waals surface area contributed by atoms with Gasteiger partial charge >= 0.3 is 0 Å². The predicted molar refractivity (Wildman–Crippen MR) is 113 cm³/mol. The van der Waals surface area contributed by atoms with Crippen molar-refractivity contribution < 1.29 is 8.42 Å². The molecule has 2 aromatic carbocycles. The molecule has 0 unspecified atom stereocenters. The SMILES string of the molecule is CC[Si](CC)(CC)c1ccc2c(c1)CCN2S(=O)(=O)c1ccc(C)cc1. The Morgan fingerprint density at radius 1 is 0.962 bits per heavy atom. The van der Waals surface area contributed by atoms with Crippen molar-refractivity contribution in [1.82, 2.24) is 0 Å². The Hall–Kier alpha value is -1.59. The van der Waals surface area contributed by atoms with Crippen molar-refractivity contribution in [2.45, 2.75) is 57.1 Å². The summed E-state index contributed by atoms with van der Waals surface area (Å²) in [5.41, 5.74) is 3.11. The third-order valence-electron chi connectivity index (χ3n) is 6.18.